The van der Waals surface area contributed by atoms with Gasteiger partial charge in [0.15, 0.2) is 0 Å². The molecule has 0 fully saturated rings. The first-order valence-electron chi connectivity index (χ1n) is 5.32. The summed E-state index contributed by atoms with van der Waals surface area (Å²) in [6.07, 6.45) is 0. The van der Waals surface area contributed by atoms with Gasteiger partial charge >= 0.3 is 0 Å². The number of rotatable bonds is 1. The Labute approximate surface area is 99.6 Å². The molecule has 0 heterocycles. The fourth-order valence-electron chi connectivity index (χ4n) is 1.91. The van der Waals surface area contributed by atoms with Gasteiger partial charge in [0, 0.05) is 0 Å². The van der Waals surface area contributed by atoms with Crippen molar-refractivity contribution in [3.63, 3.8) is 0 Å². The Morgan fingerprint density at radius 2 is 1.35 bits per heavy atom. The highest BCUT2D eigenvalue weighted by Crippen LogP contribution is 2.40. The van der Waals surface area contributed by atoms with Crippen molar-refractivity contribution in [2.75, 3.05) is 0 Å². The first-order chi connectivity index (χ1) is 8.00. The smallest absolute Gasteiger partial charge is 0.127 e. The topological polar surface area (TPSA) is 60.7 Å². The predicted octanol–water partition coefficient (Wildman–Crippen LogP) is 3.09. The minimum absolute atomic E-state index is 0.00338. The monoisotopic (exact) mass is 230 g/mol. The van der Waals surface area contributed by atoms with E-state index >= 15 is 0 Å². The third kappa shape index (κ3) is 1.91. The highest BCUT2D eigenvalue weighted by molar-refractivity contribution is 5.79. The van der Waals surface area contributed by atoms with E-state index in [1.807, 2.05) is 13.0 Å². The van der Waals surface area contributed by atoms with Gasteiger partial charge in [0.1, 0.15) is 17.2 Å². The van der Waals surface area contributed by atoms with Crippen molar-refractivity contribution in [2.24, 2.45) is 0 Å². The van der Waals surface area contributed by atoms with Gasteiger partial charge in [-0.2, -0.15) is 0 Å². The number of aryl methyl sites for hydroxylation is 2. The summed E-state index contributed by atoms with van der Waals surface area (Å²) < 4.78 is 0. The van der Waals surface area contributed by atoms with E-state index in [1.54, 1.807) is 19.1 Å². The third-order valence-corrected chi connectivity index (χ3v) is 2.83. The van der Waals surface area contributed by atoms with Crippen molar-refractivity contribution < 1.29 is 15.3 Å². The maximum absolute atomic E-state index is 9.79. The summed E-state index contributed by atoms with van der Waals surface area (Å²) in [5, 5.41) is 29.3. The molecule has 0 bridgehead atoms. The maximum Gasteiger partial charge on any atom is 0.127 e. The molecule has 2 rings (SSSR count). The molecule has 17 heavy (non-hydrogen) atoms. The Kier molecular flexibility index (Phi) is 2.68. The first-order valence-corrected chi connectivity index (χ1v) is 5.32. The second kappa shape index (κ2) is 4.01. The Bertz CT molecular complexity index is 554. The van der Waals surface area contributed by atoms with Crippen molar-refractivity contribution in [2.45, 2.75) is 13.8 Å². The molecule has 2 aromatic rings. The molecule has 0 radical (unpaired) electrons. The molecule has 0 saturated heterocycles. The predicted molar refractivity (Wildman–Crippen MR) is 66.3 cm³/mol. The number of hydrogen-bond acceptors (Lipinski definition) is 3. The molecule has 88 valence electrons. The van der Waals surface area contributed by atoms with Gasteiger partial charge in [0.05, 0.1) is 5.56 Å². The molecular formula is C14H14O3. The second-order valence-electron chi connectivity index (χ2n) is 4.12. The molecule has 2 aromatic carbocycles. The maximum atomic E-state index is 9.79. The first kappa shape index (κ1) is 11.3. The third-order valence-electron chi connectivity index (χ3n) is 2.83. The van der Waals surface area contributed by atoms with Crippen molar-refractivity contribution in [1.29, 1.82) is 0 Å². The number of phenolic OH excluding ortho intramolecular Hbond substituents is 3. The molecule has 0 spiro atoms. The van der Waals surface area contributed by atoms with Crippen LogP contribution in [-0.2, 0) is 0 Å². The molecule has 0 aromatic heterocycles. The van der Waals surface area contributed by atoms with Crippen LogP contribution in [-0.4, -0.2) is 15.3 Å². The molecule has 0 unspecified atom stereocenters. The van der Waals surface area contributed by atoms with Gasteiger partial charge < -0.3 is 15.3 Å². The van der Waals surface area contributed by atoms with Crippen LogP contribution < -0.4 is 0 Å². The molecule has 0 aliphatic carbocycles. The van der Waals surface area contributed by atoms with E-state index in [-0.39, 0.29) is 17.2 Å². The zero-order chi connectivity index (χ0) is 12.6. The van der Waals surface area contributed by atoms with Crippen LogP contribution in [0.4, 0.5) is 0 Å². The Morgan fingerprint density at radius 3 is 1.94 bits per heavy atom. The Balaban J connectivity index is 2.73. The summed E-state index contributed by atoms with van der Waals surface area (Å²) in [6.45, 7) is 3.67. The van der Waals surface area contributed by atoms with Gasteiger partial charge in [-0.05, 0) is 48.7 Å². The van der Waals surface area contributed by atoms with Crippen LogP contribution >= 0.6 is 0 Å². The van der Waals surface area contributed by atoms with Crippen molar-refractivity contribution in [3.8, 4) is 28.4 Å². The summed E-state index contributed by atoms with van der Waals surface area (Å²) in [4.78, 5) is 0. The zero-order valence-electron chi connectivity index (χ0n) is 9.73. The average molecular weight is 230 g/mol. The van der Waals surface area contributed by atoms with E-state index in [0.29, 0.717) is 11.1 Å². The standard InChI is InChI=1S/C14H14O3/c1-8-6-9(2)13(17)7-10(8)14-11(15)4-3-5-12(14)16/h3-7,15-17H,1-2H3. The minimum atomic E-state index is -0.00338. The number of phenols is 3. The molecule has 0 atom stereocenters. The Hall–Kier alpha value is -2.16. The molecule has 0 aliphatic rings. The molecular weight excluding hydrogens is 216 g/mol. The van der Waals surface area contributed by atoms with E-state index in [4.69, 9.17) is 0 Å². The quantitative estimate of drug-likeness (QED) is 0.705. The highest BCUT2D eigenvalue weighted by Gasteiger charge is 2.13. The van der Waals surface area contributed by atoms with E-state index in [1.165, 1.54) is 12.1 Å². The van der Waals surface area contributed by atoms with E-state index in [0.717, 1.165) is 11.1 Å². The van der Waals surface area contributed by atoms with Gasteiger partial charge in [0.2, 0.25) is 0 Å². The normalized spacial score (nSPS) is 10.5. The fourth-order valence-corrected chi connectivity index (χ4v) is 1.91. The molecule has 3 nitrogen and oxygen atoms in total. The van der Waals surface area contributed by atoms with Crippen LogP contribution in [0.1, 0.15) is 11.1 Å². The van der Waals surface area contributed by atoms with E-state index < -0.39 is 0 Å². The van der Waals surface area contributed by atoms with Gasteiger partial charge in [-0.3, -0.25) is 0 Å². The van der Waals surface area contributed by atoms with E-state index in [9.17, 15) is 15.3 Å². The van der Waals surface area contributed by atoms with Crippen LogP contribution in [0.5, 0.6) is 17.2 Å². The van der Waals surface area contributed by atoms with Gasteiger partial charge in [-0.15, -0.1) is 0 Å². The highest BCUT2D eigenvalue weighted by atomic mass is 16.3. The molecule has 3 heteroatoms. The summed E-state index contributed by atoms with van der Waals surface area (Å²) in [6, 6.07) is 7.95. The van der Waals surface area contributed by atoms with E-state index in [2.05, 4.69) is 0 Å². The lowest BCUT2D eigenvalue weighted by Crippen LogP contribution is -1.87. The van der Waals surface area contributed by atoms with Crippen LogP contribution in [0.15, 0.2) is 30.3 Å². The van der Waals surface area contributed by atoms with Crippen molar-refractivity contribution >= 4 is 0 Å². The van der Waals surface area contributed by atoms with Crippen LogP contribution in [0.3, 0.4) is 0 Å². The summed E-state index contributed by atoms with van der Waals surface area (Å²) in [5.41, 5.74) is 2.63. The summed E-state index contributed by atoms with van der Waals surface area (Å²) >= 11 is 0. The summed E-state index contributed by atoms with van der Waals surface area (Å²) in [5.74, 6) is 0.140. The van der Waals surface area contributed by atoms with Crippen LogP contribution in [0.2, 0.25) is 0 Å². The van der Waals surface area contributed by atoms with Crippen LogP contribution in [0.25, 0.3) is 11.1 Å². The van der Waals surface area contributed by atoms with Crippen LogP contribution in [0, 0.1) is 13.8 Å². The number of benzene rings is 2. The molecule has 3 N–H and O–H groups in total. The molecule has 0 amide bonds. The Morgan fingerprint density at radius 1 is 0.765 bits per heavy atom. The van der Waals surface area contributed by atoms with Gasteiger partial charge in [-0.25, -0.2) is 0 Å². The minimum Gasteiger partial charge on any atom is -0.508 e. The SMILES string of the molecule is Cc1cc(C)c(-c2c(O)cccc2O)cc1O. The molecule has 0 saturated carbocycles. The van der Waals surface area contributed by atoms with Gasteiger partial charge in [0.25, 0.3) is 0 Å². The lowest BCUT2D eigenvalue weighted by atomic mass is 9.96. The zero-order valence-corrected chi connectivity index (χ0v) is 9.73. The van der Waals surface area contributed by atoms with Crippen molar-refractivity contribution in [3.05, 3.63) is 41.5 Å². The molecule has 0 aliphatic heterocycles. The number of hydrogen-bond donors (Lipinski definition) is 3. The number of aromatic hydroxyl groups is 3. The largest absolute Gasteiger partial charge is 0.508 e. The average Bonchev–Trinajstić information content (AvgIpc) is 2.25. The van der Waals surface area contributed by atoms with Gasteiger partial charge in [-0.1, -0.05) is 12.1 Å². The second-order valence-corrected chi connectivity index (χ2v) is 4.12. The summed E-state index contributed by atoms with van der Waals surface area (Å²) in [7, 11) is 0. The lowest BCUT2D eigenvalue weighted by Gasteiger charge is -2.12. The lowest BCUT2D eigenvalue weighted by molar-refractivity contribution is 0.453. The van der Waals surface area contributed by atoms with Crippen molar-refractivity contribution in [1.82, 2.24) is 0 Å². The fraction of sp³-hybridized carbons (Fsp3) is 0.143.